The molecule has 0 saturated heterocycles. The molecule has 20 heavy (non-hydrogen) atoms. The van der Waals surface area contributed by atoms with E-state index in [9.17, 15) is 14.4 Å². The highest BCUT2D eigenvalue weighted by Gasteiger charge is 2.17. The van der Waals surface area contributed by atoms with E-state index in [1.165, 1.54) is 32.4 Å². The number of fused-ring (bicyclic) bond motifs is 1. The Kier molecular flexibility index (Phi) is 3.65. The molecular formula is C14H14N2O4. The van der Waals surface area contributed by atoms with Crippen LogP contribution in [0.1, 0.15) is 34.7 Å². The predicted octanol–water partition coefficient (Wildman–Crippen LogP) is 1.41. The fraction of sp³-hybridized carbons (Fsp3) is 0.286. The number of rotatable bonds is 3. The molecule has 2 aromatic rings. The minimum Gasteiger partial charge on any atom is -0.465 e. The van der Waals surface area contributed by atoms with Crippen LogP contribution < -0.4 is 5.43 Å². The van der Waals surface area contributed by atoms with E-state index < -0.39 is 11.4 Å². The first-order valence-corrected chi connectivity index (χ1v) is 6.13. The normalized spacial score (nSPS) is 10.6. The van der Waals surface area contributed by atoms with Gasteiger partial charge in [0, 0.05) is 19.7 Å². The lowest BCUT2D eigenvalue weighted by molar-refractivity contribution is 0.0598. The molecule has 0 spiro atoms. The molecule has 0 N–H and O–H groups in total. The number of ether oxygens (including phenoxy) is 1. The summed E-state index contributed by atoms with van der Waals surface area (Å²) in [6, 6.07) is 2.99. The van der Waals surface area contributed by atoms with Gasteiger partial charge in [-0.25, -0.2) is 9.78 Å². The van der Waals surface area contributed by atoms with Crippen LogP contribution in [0, 0.1) is 0 Å². The second-order valence-electron chi connectivity index (χ2n) is 4.27. The molecule has 0 aliphatic rings. The summed E-state index contributed by atoms with van der Waals surface area (Å²) < 4.78 is 6.25. The Labute approximate surface area is 115 Å². The zero-order valence-electron chi connectivity index (χ0n) is 11.5. The Morgan fingerprint density at radius 2 is 2.05 bits per heavy atom. The molecule has 0 aliphatic heterocycles. The Morgan fingerprint density at radius 3 is 2.60 bits per heavy atom. The van der Waals surface area contributed by atoms with Crippen molar-refractivity contribution in [3.8, 4) is 0 Å². The van der Waals surface area contributed by atoms with Crippen molar-refractivity contribution >= 4 is 22.8 Å². The van der Waals surface area contributed by atoms with Crippen molar-refractivity contribution in [2.24, 2.45) is 0 Å². The third-order valence-corrected chi connectivity index (χ3v) is 3.03. The predicted molar refractivity (Wildman–Crippen MR) is 73.0 cm³/mol. The van der Waals surface area contributed by atoms with Crippen LogP contribution in [0.2, 0.25) is 0 Å². The number of aromatic nitrogens is 2. The van der Waals surface area contributed by atoms with Gasteiger partial charge in [-0.15, -0.1) is 0 Å². The van der Waals surface area contributed by atoms with Gasteiger partial charge in [0.25, 0.3) is 0 Å². The van der Waals surface area contributed by atoms with Gasteiger partial charge in [-0.05, 0) is 19.1 Å². The minimum absolute atomic E-state index is 0.0424. The summed E-state index contributed by atoms with van der Waals surface area (Å²) in [5.74, 6) is -0.867. The first kappa shape index (κ1) is 13.9. The molecule has 0 radical (unpaired) electrons. The highest BCUT2D eigenvalue weighted by molar-refractivity contribution is 5.96. The summed E-state index contributed by atoms with van der Waals surface area (Å²) in [6.45, 7) is 3.77. The fourth-order valence-electron chi connectivity index (χ4n) is 1.96. The molecule has 0 aliphatic carbocycles. The number of Topliss-reactive ketones (excluding diaryl/α,β-unsaturated/α-hetero) is 1. The SMILES string of the molecule is CCn1cc(C(=O)OC)c(=O)c2ccc(C(C)=O)nc21. The van der Waals surface area contributed by atoms with Crippen molar-refractivity contribution in [3.05, 3.63) is 39.8 Å². The standard InChI is InChI=1S/C14H14N2O4/c1-4-16-7-10(14(19)20-3)12(18)9-5-6-11(8(2)17)15-13(9)16/h5-7H,4H2,1-3H3. The van der Waals surface area contributed by atoms with Crippen LogP contribution in [-0.4, -0.2) is 28.4 Å². The van der Waals surface area contributed by atoms with Gasteiger partial charge >= 0.3 is 5.97 Å². The summed E-state index contributed by atoms with van der Waals surface area (Å²) >= 11 is 0. The van der Waals surface area contributed by atoms with Crippen LogP contribution in [0.15, 0.2) is 23.1 Å². The van der Waals surface area contributed by atoms with Crippen molar-refractivity contribution in [2.75, 3.05) is 7.11 Å². The monoisotopic (exact) mass is 274 g/mol. The van der Waals surface area contributed by atoms with Crippen LogP contribution >= 0.6 is 0 Å². The summed E-state index contributed by atoms with van der Waals surface area (Å²) in [4.78, 5) is 39.4. The largest absolute Gasteiger partial charge is 0.465 e. The third-order valence-electron chi connectivity index (χ3n) is 3.03. The van der Waals surface area contributed by atoms with Crippen LogP contribution in [0.3, 0.4) is 0 Å². The number of esters is 1. The number of pyridine rings is 2. The van der Waals surface area contributed by atoms with Gasteiger partial charge in [-0.2, -0.15) is 0 Å². The lowest BCUT2D eigenvalue weighted by atomic mass is 10.1. The van der Waals surface area contributed by atoms with Gasteiger partial charge < -0.3 is 9.30 Å². The molecule has 0 saturated carbocycles. The van der Waals surface area contributed by atoms with E-state index in [-0.39, 0.29) is 17.0 Å². The van der Waals surface area contributed by atoms with E-state index in [4.69, 9.17) is 0 Å². The number of carbonyl (C=O) groups excluding carboxylic acids is 2. The second-order valence-corrected chi connectivity index (χ2v) is 4.27. The smallest absolute Gasteiger partial charge is 0.343 e. The van der Waals surface area contributed by atoms with Gasteiger partial charge in [0.1, 0.15) is 16.9 Å². The molecule has 6 heteroatoms. The van der Waals surface area contributed by atoms with E-state index in [0.29, 0.717) is 17.6 Å². The maximum Gasteiger partial charge on any atom is 0.343 e. The number of hydrogen-bond acceptors (Lipinski definition) is 5. The lowest BCUT2D eigenvalue weighted by Crippen LogP contribution is -2.21. The molecule has 2 heterocycles. The summed E-state index contributed by atoms with van der Waals surface area (Å²) in [6.07, 6.45) is 1.41. The second kappa shape index (κ2) is 5.24. The van der Waals surface area contributed by atoms with Gasteiger partial charge in [0.05, 0.1) is 12.5 Å². The topological polar surface area (TPSA) is 78.3 Å². The first-order valence-electron chi connectivity index (χ1n) is 6.13. The Morgan fingerprint density at radius 1 is 1.35 bits per heavy atom. The molecule has 0 fully saturated rings. The molecule has 0 bridgehead atoms. The molecule has 2 rings (SSSR count). The average molecular weight is 274 g/mol. The lowest BCUT2D eigenvalue weighted by Gasteiger charge is -2.10. The highest BCUT2D eigenvalue weighted by atomic mass is 16.5. The van der Waals surface area contributed by atoms with Crippen molar-refractivity contribution in [1.29, 1.82) is 0 Å². The maximum absolute atomic E-state index is 12.2. The van der Waals surface area contributed by atoms with Gasteiger partial charge in [0.2, 0.25) is 5.43 Å². The van der Waals surface area contributed by atoms with Crippen LogP contribution in [0.25, 0.3) is 11.0 Å². The highest BCUT2D eigenvalue weighted by Crippen LogP contribution is 2.12. The summed E-state index contributed by atoms with van der Waals surface area (Å²) in [5, 5.41) is 0.291. The third kappa shape index (κ3) is 2.20. The van der Waals surface area contributed by atoms with Gasteiger partial charge in [0.15, 0.2) is 5.78 Å². The number of ketones is 1. The molecule has 104 valence electrons. The number of methoxy groups -OCH3 is 1. The van der Waals surface area contributed by atoms with E-state index in [1.54, 1.807) is 4.57 Å². The maximum atomic E-state index is 12.2. The molecule has 0 unspecified atom stereocenters. The average Bonchev–Trinajstić information content (AvgIpc) is 2.46. The Hall–Kier alpha value is -2.50. The van der Waals surface area contributed by atoms with Gasteiger partial charge in [-0.1, -0.05) is 0 Å². The number of nitrogens with zero attached hydrogens (tertiary/aromatic N) is 2. The van der Waals surface area contributed by atoms with E-state index >= 15 is 0 Å². The van der Waals surface area contributed by atoms with Gasteiger partial charge in [-0.3, -0.25) is 9.59 Å². The van der Waals surface area contributed by atoms with E-state index in [2.05, 4.69) is 9.72 Å². The van der Waals surface area contributed by atoms with Crippen LogP contribution in [0.4, 0.5) is 0 Å². The fourth-order valence-corrected chi connectivity index (χ4v) is 1.96. The molecule has 0 aromatic carbocycles. The van der Waals surface area contributed by atoms with Crippen LogP contribution in [-0.2, 0) is 11.3 Å². The molecule has 0 atom stereocenters. The summed E-state index contributed by atoms with van der Waals surface area (Å²) in [7, 11) is 1.22. The zero-order chi connectivity index (χ0) is 14.9. The Balaban J connectivity index is 2.85. The quantitative estimate of drug-likeness (QED) is 0.624. The van der Waals surface area contributed by atoms with E-state index in [1.807, 2.05) is 6.92 Å². The van der Waals surface area contributed by atoms with Crippen molar-refractivity contribution in [2.45, 2.75) is 20.4 Å². The van der Waals surface area contributed by atoms with Crippen molar-refractivity contribution < 1.29 is 14.3 Å². The molecule has 0 amide bonds. The minimum atomic E-state index is -0.685. The number of carbonyl (C=O) groups is 2. The van der Waals surface area contributed by atoms with Crippen LogP contribution in [0.5, 0.6) is 0 Å². The summed E-state index contributed by atoms with van der Waals surface area (Å²) in [5.41, 5.74) is 0.182. The number of hydrogen-bond donors (Lipinski definition) is 0. The van der Waals surface area contributed by atoms with E-state index in [0.717, 1.165) is 0 Å². The van der Waals surface area contributed by atoms with Crippen molar-refractivity contribution in [1.82, 2.24) is 9.55 Å². The van der Waals surface area contributed by atoms with Crippen molar-refractivity contribution in [3.63, 3.8) is 0 Å². The molecule has 6 nitrogen and oxygen atoms in total. The molecule has 2 aromatic heterocycles. The Bertz CT molecular complexity index is 762. The zero-order valence-corrected chi connectivity index (χ0v) is 11.5. The number of aryl methyl sites for hydroxylation is 1. The first-order chi connectivity index (χ1) is 9.49. The molecular weight excluding hydrogens is 260 g/mol.